The topological polar surface area (TPSA) is 96.0 Å². The summed E-state index contributed by atoms with van der Waals surface area (Å²) in [5.74, 6) is -0.223. The number of hydrogen-bond acceptors (Lipinski definition) is 5. The van der Waals surface area contributed by atoms with E-state index in [2.05, 4.69) is 5.32 Å². The lowest BCUT2D eigenvalue weighted by atomic mass is 9.95. The monoisotopic (exact) mass is 569 g/mol. The van der Waals surface area contributed by atoms with Crippen LogP contribution in [0.1, 0.15) is 44.6 Å². The van der Waals surface area contributed by atoms with Gasteiger partial charge < -0.3 is 15.0 Å². The Kier molecular flexibility index (Phi) is 10.1. The molecule has 2 aromatic rings. The van der Waals surface area contributed by atoms with Crippen LogP contribution in [0, 0.1) is 0 Å². The smallest absolute Gasteiger partial charge is 0.244 e. The highest BCUT2D eigenvalue weighted by Crippen LogP contribution is 2.30. The average Bonchev–Trinajstić information content (AvgIpc) is 2.86. The first-order chi connectivity index (χ1) is 17.5. The van der Waals surface area contributed by atoms with Gasteiger partial charge in [-0.3, -0.25) is 13.9 Å². The fourth-order valence-electron chi connectivity index (χ4n) is 4.40. The molecule has 1 saturated carbocycles. The van der Waals surface area contributed by atoms with Gasteiger partial charge >= 0.3 is 0 Å². The number of benzene rings is 2. The second kappa shape index (κ2) is 12.8. The number of anilines is 1. The number of sulfonamides is 1. The van der Waals surface area contributed by atoms with Gasteiger partial charge in [0, 0.05) is 17.6 Å². The number of ether oxygens (including phenoxy) is 1. The van der Waals surface area contributed by atoms with Crippen molar-refractivity contribution in [2.45, 2.75) is 57.7 Å². The molecule has 2 amide bonds. The zero-order chi connectivity index (χ0) is 27.2. The van der Waals surface area contributed by atoms with Crippen LogP contribution in [0.5, 0.6) is 5.75 Å². The molecule has 8 nitrogen and oxygen atoms in total. The number of amides is 2. The van der Waals surface area contributed by atoms with Crippen LogP contribution < -0.4 is 14.4 Å². The van der Waals surface area contributed by atoms with Crippen molar-refractivity contribution in [2.24, 2.45) is 0 Å². The number of hydrogen-bond donors (Lipinski definition) is 1. The summed E-state index contributed by atoms with van der Waals surface area (Å²) in [4.78, 5) is 28.3. The Balaban J connectivity index is 1.90. The molecule has 0 aromatic heterocycles. The normalized spacial score (nSPS) is 15.1. The Hall–Kier alpha value is -2.49. The number of nitrogens with zero attached hydrogens (tertiary/aromatic N) is 2. The van der Waals surface area contributed by atoms with Gasteiger partial charge in [0.15, 0.2) is 0 Å². The summed E-state index contributed by atoms with van der Waals surface area (Å²) < 4.78 is 31.6. The van der Waals surface area contributed by atoms with Gasteiger partial charge in [0.2, 0.25) is 21.8 Å². The number of carbonyl (C=O) groups is 2. The van der Waals surface area contributed by atoms with Crippen molar-refractivity contribution in [3.8, 4) is 5.75 Å². The van der Waals surface area contributed by atoms with Crippen LogP contribution in [0.2, 0.25) is 10.0 Å². The van der Waals surface area contributed by atoms with Gasteiger partial charge in [-0.1, -0.05) is 54.6 Å². The predicted molar refractivity (Wildman–Crippen MR) is 147 cm³/mol. The van der Waals surface area contributed by atoms with E-state index < -0.39 is 28.5 Å². The first-order valence-electron chi connectivity index (χ1n) is 12.1. The van der Waals surface area contributed by atoms with E-state index in [4.69, 9.17) is 27.9 Å². The van der Waals surface area contributed by atoms with Crippen molar-refractivity contribution in [2.75, 3.05) is 24.2 Å². The SMILES string of the molecule is COc1cccc(CN(C(=O)CN(c2ccc(Cl)cc2Cl)S(C)(=O)=O)C(C)C(=O)NC2CCCCC2)c1. The Labute approximate surface area is 228 Å². The van der Waals surface area contributed by atoms with Gasteiger partial charge in [0.25, 0.3) is 0 Å². The molecule has 0 spiro atoms. The molecule has 1 N–H and O–H groups in total. The molecule has 0 radical (unpaired) electrons. The van der Waals surface area contributed by atoms with Crippen LogP contribution in [0.3, 0.4) is 0 Å². The third-order valence-electron chi connectivity index (χ3n) is 6.46. The maximum Gasteiger partial charge on any atom is 0.244 e. The molecular formula is C26H33Cl2N3O5S. The standard InChI is InChI=1S/C26H33Cl2N3O5S/c1-18(26(33)29-21-9-5-4-6-10-21)30(16-19-8-7-11-22(14-19)36-2)25(32)17-31(37(3,34)35)24-13-12-20(27)15-23(24)28/h7-8,11-15,18,21H,4-6,9-10,16-17H2,1-3H3,(H,29,33). The second-order valence-corrected chi connectivity index (χ2v) is 12.0. The highest BCUT2D eigenvalue weighted by atomic mass is 35.5. The van der Waals surface area contributed by atoms with E-state index in [1.807, 2.05) is 6.07 Å². The maximum atomic E-state index is 13.7. The summed E-state index contributed by atoms with van der Waals surface area (Å²) >= 11 is 12.3. The van der Waals surface area contributed by atoms with Gasteiger partial charge in [-0.05, 0) is 55.7 Å². The van der Waals surface area contributed by atoms with Crippen LogP contribution in [0.15, 0.2) is 42.5 Å². The molecule has 0 bridgehead atoms. The Bertz CT molecular complexity index is 1220. The van der Waals surface area contributed by atoms with Crippen LogP contribution >= 0.6 is 23.2 Å². The summed E-state index contributed by atoms with van der Waals surface area (Å²) in [6.45, 7) is 1.20. The van der Waals surface area contributed by atoms with E-state index in [0.717, 1.165) is 48.2 Å². The van der Waals surface area contributed by atoms with Gasteiger partial charge in [-0.25, -0.2) is 8.42 Å². The molecule has 3 rings (SSSR count). The highest BCUT2D eigenvalue weighted by molar-refractivity contribution is 7.92. The second-order valence-electron chi connectivity index (χ2n) is 9.26. The van der Waals surface area contributed by atoms with Gasteiger partial charge in [0.05, 0.1) is 24.1 Å². The van der Waals surface area contributed by atoms with Crippen molar-refractivity contribution >= 4 is 50.7 Å². The van der Waals surface area contributed by atoms with Crippen molar-refractivity contribution in [1.29, 1.82) is 0 Å². The van der Waals surface area contributed by atoms with Crippen LogP contribution in [0.25, 0.3) is 0 Å². The van der Waals surface area contributed by atoms with Gasteiger partial charge in [-0.15, -0.1) is 0 Å². The third kappa shape index (κ3) is 7.99. The van der Waals surface area contributed by atoms with Gasteiger partial charge in [0.1, 0.15) is 18.3 Å². The lowest BCUT2D eigenvalue weighted by Gasteiger charge is -2.33. The molecule has 0 aliphatic heterocycles. The van der Waals surface area contributed by atoms with Crippen molar-refractivity contribution in [3.05, 3.63) is 58.1 Å². The minimum Gasteiger partial charge on any atom is -0.497 e. The van der Waals surface area contributed by atoms with E-state index in [1.165, 1.54) is 23.1 Å². The minimum atomic E-state index is -3.90. The number of rotatable bonds is 10. The highest BCUT2D eigenvalue weighted by Gasteiger charge is 2.31. The lowest BCUT2D eigenvalue weighted by Crippen LogP contribution is -2.53. The first kappa shape index (κ1) is 29.1. The Morgan fingerprint density at radius 2 is 1.81 bits per heavy atom. The molecule has 202 valence electrons. The number of carbonyl (C=O) groups excluding carboxylic acids is 2. The number of nitrogens with one attached hydrogen (secondary N) is 1. The average molecular weight is 571 g/mol. The minimum absolute atomic E-state index is 0.0675. The van der Waals surface area contributed by atoms with Gasteiger partial charge in [-0.2, -0.15) is 0 Å². The zero-order valence-corrected chi connectivity index (χ0v) is 23.6. The molecule has 1 unspecified atom stereocenters. The summed E-state index contributed by atoms with van der Waals surface area (Å²) in [7, 11) is -2.35. The molecule has 2 aromatic carbocycles. The fourth-order valence-corrected chi connectivity index (χ4v) is 5.82. The van der Waals surface area contributed by atoms with Crippen LogP contribution in [-0.4, -0.2) is 57.1 Å². The zero-order valence-electron chi connectivity index (χ0n) is 21.2. The van der Waals surface area contributed by atoms with E-state index in [0.29, 0.717) is 10.8 Å². The van der Waals surface area contributed by atoms with E-state index >= 15 is 0 Å². The lowest BCUT2D eigenvalue weighted by molar-refractivity contribution is -0.139. The van der Waals surface area contributed by atoms with Crippen molar-refractivity contribution < 1.29 is 22.7 Å². The van der Waals surface area contributed by atoms with Crippen LogP contribution in [0.4, 0.5) is 5.69 Å². The predicted octanol–water partition coefficient (Wildman–Crippen LogP) is 4.63. The number of halogens is 2. The third-order valence-corrected chi connectivity index (χ3v) is 8.13. The summed E-state index contributed by atoms with van der Waals surface area (Å²) in [6.07, 6.45) is 6.06. The molecule has 37 heavy (non-hydrogen) atoms. The van der Waals surface area contributed by atoms with E-state index in [1.54, 1.807) is 32.2 Å². The number of methoxy groups -OCH3 is 1. The van der Waals surface area contributed by atoms with Crippen molar-refractivity contribution in [1.82, 2.24) is 10.2 Å². The molecule has 0 saturated heterocycles. The van der Waals surface area contributed by atoms with E-state index in [9.17, 15) is 18.0 Å². The summed E-state index contributed by atoms with van der Waals surface area (Å²) in [6, 6.07) is 10.7. The van der Waals surface area contributed by atoms with Crippen LogP contribution in [-0.2, 0) is 26.2 Å². The Morgan fingerprint density at radius 3 is 2.43 bits per heavy atom. The molecule has 1 atom stereocenters. The summed E-state index contributed by atoms with van der Waals surface area (Å²) in [5, 5.41) is 3.49. The largest absolute Gasteiger partial charge is 0.497 e. The van der Waals surface area contributed by atoms with Crippen molar-refractivity contribution in [3.63, 3.8) is 0 Å². The van der Waals surface area contributed by atoms with E-state index in [-0.39, 0.29) is 29.2 Å². The molecule has 0 heterocycles. The molecular weight excluding hydrogens is 537 g/mol. The molecule has 1 aliphatic rings. The first-order valence-corrected chi connectivity index (χ1v) is 14.8. The fraction of sp³-hybridized carbons (Fsp3) is 0.462. The quantitative estimate of drug-likeness (QED) is 0.449. The molecule has 11 heteroatoms. The maximum absolute atomic E-state index is 13.7. The summed E-state index contributed by atoms with van der Waals surface area (Å²) in [5.41, 5.74) is 0.864. The Morgan fingerprint density at radius 1 is 1.11 bits per heavy atom. The molecule has 1 aliphatic carbocycles. The molecule has 1 fully saturated rings.